The fourth-order valence-corrected chi connectivity index (χ4v) is 2.36. The molecule has 0 amide bonds. The molecule has 6 nitrogen and oxygen atoms in total. The third-order valence-corrected chi connectivity index (χ3v) is 3.67. The van der Waals surface area contributed by atoms with Crippen molar-refractivity contribution in [3.05, 3.63) is 29.8 Å². The van der Waals surface area contributed by atoms with E-state index in [9.17, 15) is 0 Å². The zero-order chi connectivity index (χ0) is 16.3. The van der Waals surface area contributed by atoms with Gasteiger partial charge in [0.2, 0.25) is 0 Å². The number of ether oxygens (including phenoxy) is 3. The normalized spacial score (nSPS) is 17.2. The average molecular weight is 449 g/mol. The highest BCUT2D eigenvalue weighted by molar-refractivity contribution is 14.0. The molecule has 1 unspecified atom stereocenters. The summed E-state index contributed by atoms with van der Waals surface area (Å²) in [6.45, 7) is 3.83. The van der Waals surface area contributed by atoms with Gasteiger partial charge in [-0.25, -0.2) is 0 Å². The summed E-state index contributed by atoms with van der Waals surface area (Å²) >= 11 is 0. The Morgan fingerprint density at radius 2 is 2.25 bits per heavy atom. The standard InChI is InChI=1S/C17H27N3O3.HI/c1-18-17(19-8-4-9-23-16-7-10-22-13-16)20-12-14-5-3-6-15(11-14)21-2;/h3,5-6,11,16H,4,7-10,12-13H2,1-2H3,(H2,18,19,20);1H. The van der Waals surface area contributed by atoms with E-state index in [0.29, 0.717) is 6.54 Å². The highest BCUT2D eigenvalue weighted by Gasteiger charge is 2.15. The van der Waals surface area contributed by atoms with E-state index in [4.69, 9.17) is 14.2 Å². The molecular weight excluding hydrogens is 421 g/mol. The van der Waals surface area contributed by atoms with Crippen LogP contribution in [0, 0.1) is 0 Å². The molecule has 1 fully saturated rings. The van der Waals surface area contributed by atoms with Gasteiger partial charge in [-0.15, -0.1) is 24.0 Å². The second-order valence-electron chi connectivity index (χ2n) is 5.41. The number of benzene rings is 1. The van der Waals surface area contributed by atoms with Crippen molar-refractivity contribution in [2.24, 2.45) is 4.99 Å². The monoisotopic (exact) mass is 449 g/mol. The molecule has 136 valence electrons. The zero-order valence-corrected chi connectivity index (χ0v) is 16.7. The number of halogens is 1. The van der Waals surface area contributed by atoms with Crippen LogP contribution in [0.5, 0.6) is 5.75 Å². The molecule has 0 saturated carbocycles. The molecule has 0 spiro atoms. The van der Waals surface area contributed by atoms with E-state index in [2.05, 4.69) is 21.7 Å². The highest BCUT2D eigenvalue weighted by Crippen LogP contribution is 2.12. The zero-order valence-electron chi connectivity index (χ0n) is 14.4. The lowest BCUT2D eigenvalue weighted by molar-refractivity contribution is 0.0420. The maximum Gasteiger partial charge on any atom is 0.191 e. The number of hydrogen-bond donors (Lipinski definition) is 2. The molecule has 0 bridgehead atoms. The van der Waals surface area contributed by atoms with Crippen molar-refractivity contribution in [3.8, 4) is 5.75 Å². The first-order chi connectivity index (χ1) is 11.3. The summed E-state index contributed by atoms with van der Waals surface area (Å²) < 4.78 is 16.2. The number of rotatable bonds is 8. The Hall–Kier alpha value is -1.06. The molecule has 1 aromatic carbocycles. The topological polar surface area (TPSA) is 64.1 Å². The molecule has 2 N–H and O–H groups in total. The molecule has 24 heavy (non-hydrogen) atoms. The maximum absolute atomic E-state index is 5.73. The van der Waals surface area contributed by atoms with E-state index in [1.165, 1.54) is 0 Å². The Morgan fingerprint density at radius 1 is 1.38 bits per heavy atom. The first-order valence-electron chi connectivity index (χ1n) is 8.08. The Balaban J connectivity index is 0.00000288. The van der Waals surface area contributed by atoms with Crippen LogP contribution in [0.2, 0.25) is 0 Å². The summed E-state index contributed by atoms with van der Waals surface area (Å²) in [6.07, 6.45) is 2.23. The summed E-state index contributed by atoms with van der Waals surface area (Å²) in [6, 6.07) is 7.99. The van der Waals surface area contributed by atoms with Crippen LogP contribution in [0.4, 0.5) is 0 Å². The van der Waals surface area contributed by atoms with Gasteiger partial charge in [-0.05, 0) is 30.5 Å². The van der Waals surface area contributed by atoms with Crippen LogP contribution in [0.25, 0.3) is 0 Å². The van der Waals surface area contributed by atoms with Gasteiger partial charge < -0.3 is 24.8 Å². The minimum absolute atomic E-state index is 0. The van der Waals surface area contributed by atoms with E-state index in [1.54, 1.807) is 14.2 Å². The predicted octanol–water partition coefficient (Wildman–Crippen LogP) is 2.17. The van der Waals surface area contributed by atoms with Crippen molar-refractivity contribution in [3.63, 3.8) is 0 Å². The van der Waals surface area contributed by atoms with Crippen molar-refractivity contribution in [1.82, 2.24) is 10.6 Å². The van der Waals surface area contributed by atoms with Crippen LogP contribution in [0.3, 0.4) is 0 Å². The first-order valence-corrected chi connectivity index (χ1v) is 8.08. The molecule has 1 aliphatic rings. The number of guanidine groups is 1. The molecule has 2 rings (SSSR count). The highest BCUT2D eigenvalue weighted by atomic mass is 127. The van der Waals surface area contributed by atoms with Crippen molar-refractivity contribution in [2.75, 3.05) is 40.5 Å². The largest absolute Gasteiger partial charge is 0.497 e. The minimum atomic E-state index is 0. The summed E-state index contributed by atoms with van der Waals surface area (Å²) in [4.78, 5) is 4.22. The van der Waals surface area contributed by atoms with Gasteiger partial charge >= 0.3 is 0 Å². The van der Waals surface area contributed by atoms with Gasteiger partial charge in [0.25, 0.3) is 0 Å². The smallest absolute Gasteiger partial charge is 0.191 e. The molecule has 7 heteroatoms. The molecule has 0 aromatic heterocycles. The Morgan fingerprint density at radius 3 is 2.96 bits per heavy atom. The fraction of sp³-hybridized carbons (Fsp3) is 0.588. The number of nitrogens with zero attached hydrogens (tertiary/aromatic N) is 1. The number of aliphatic imine (C=N–C) groups is 1. The van der Waals surface area contributed by atoms with Crippen LogP contribution in [-0.4, -0.2) is 52.6 Å². The van der Waals surface area contributed by atoms with Crippen molar-refractivity contribution >= 4 is 29.9 Å². The Kier molecular flexibility index (Phi) is 10.8. The van der Waals surface area contributed by atoms with Crippen molar-refractivity contribution < 1.29 is 14.2 Å². The number of nitrogens with one attached hydrogen (secondary N) is 2. The van der Waals surface area contributed by atoms with Crippen LogP contribution in [0.15, 0.2) is 29.3 Å². The van der Waals surface area contributed by atoms with Crippen LogP contribution < -0.4 is 15.4 Å². The fourth-order valence-electron chi connectivity index (χ4n) is 2.36. The third kappa shape index (κ3) is 7.67. The summed E-state index contributed by atoms with van der Waals surface area (Å²) in [5.74, 6) is 1.65. The van der Waals surface area contributed by atoms with Gasteiger partial charge in [0.1, 0.15) is 5.75 Å². The summed E-state index contributed by atoms with van der Waals surface area (Å²) in [7, 11) is 3.44. The molecule has 0 radical (unpaired) electrons. The SMILES string of the molecule is CN=C(NCCCOC1CCOC1)NCc1cccc(OC)c1.I. The molecule has 1 aliphatic heterocycles. The van der Waals surface area contributed by atoms with Gasteiger partial charge in [-0.2, -0.15) is 0 Å². The molecule has 0 aliphatic carbocycles. The predicted molar refractivity (Wildman–Crippen MR) is 106 cm³/mol. The van der Waals surface area contributed by atoms with Crippen molar-refractivity contribution in [2.45, 2.75) is 25.5 Å². The summed E-state index contributed by atoms with van der Waals surface area (Å²) in [5.41, 5.74) is 1.15. The third-order valence-electron chi connectivity index (χ3n) is 3.67. The van der Waals surface area contributed by atoms with Gasteiger partial charge in [0.05, 0.1) is 19.8 Å². The first kappa shape index (κ1) is 21.0. The molecule has 1 atom stereocenters. The second-order valence-corrected chi connectivity index (χ2v) is 5.41. The van der Waals surface area contributed by atoms with Crippen LogP contribution in [-0.2, 0) is 16.0 Å². The van der Waals surface area contributed by atoms with Crippen LogP contribution in [0.1, 0.15) is 18.4 Å². The van der Waals surface area contributed by atoms with E-state index < -0.39 is 0 Å². The van der Waals surface area contributed by atoms with Crippen molar-refractivity contribution in [1.29, 1.82) is 0 Å². The van der Waals surface area contributed by atoms with E-state index >= 15 is 0 Å². The van der Waals surface area contributed by atoms with E-state index in [-0.39, 0.29) is 30.1 Å². The number of hydrogen-bond acceptors (Lipinski definition) is 4. The number of methoxy groups -OCH3 is 1. The maximum atomic E-state index is 5.73. The molecule has 1 saturated heterocycles. The van der Waals surface area contributed by atoms with Gasteiger partial charge in [0.15, 0.2) is 5.96 Å². The molecular formula is C17H28IN3O3. The van der Waals surface area contributed by atoms with E-state index in [0.717, 1.165) is 56.5 Å². The van der Waals surface area contributed by atoms with Crippen LogP contribution >= 0.6 is 24.0 Å². The van der Waals surface area contributed by atoms with Gasteiger partial charge in [0, 0.05) is 33.4 Å². The molecule has 1 heterocycles. The minimum Gasteiger partial charge on any atom is -0.497 e. The average Bonchev–Trinajstić information content (AvgIpc) is 3.11. The summed E-state index contributed by atoms with van der Waals surface area (Å²) in [5, 5.41) is 6.58. The van der Waals surface area contributed by atoms with Gasteiger partial charge in [-0.1, -0.05) is 12.1 Å². The lowest BCUT2D eigenvalue weighted by Crippen LogP contribution is -2.37. The Bertz CT molecular complexity index is 494. The van der Waals surface area contributed by atoms with Gasteiger partial charge in [-0.3, -0.25) is 4.99 Å². The van der Waals surface area contributed by atoms with E-state index in [1.807, 2.05) is 18.2 Å². The Labute approximate surface area is 161 Å². The quantitative estimate of drug-likeness (QED) is 0.276. The lowest BCUT2D eigenvalue weighted by atomic mass is 10.2. The lowest BCUT2D eigenvalue weighted by Gasteiger charge is -2.13. The second kappa shape index (κ2) is 12.3. The molecule has 1 aromatic rings.